The van der Waals surface area contributed by atoms with Gasteiger partial charge in [-0.1, -0.05) is 68.1 Å². The lowest BCUT2D eigenvalue weighted by Crippen LogP contribution is -2.14. The molecule has 1 aromatic rings. The number of unbranched alkanes of at least 4 members (excludes halogenated alkanes) is 1. The fraction of sp³-hybridized carbons (Fsp3) is 0.600. The van der Waals surface area contributed by atoms with E-state index in [1.807, 2.05) is 6.07 Å². The minimum Gasteiger partial charge on any atom is -0.205 e. The molecule has 0 radical (unpaired) electrons. The van der Waals surface area contributed by atoms with Crippen LogP contribution in [0.4, 0.5) is 4.39 Å². The highest BCUT2D eigenvalue weighted by Gasteiger charge is 2.26. The van der Waals surface area contributed by atoms with E-state index in [2.05, 4.69) is 38.1 Å². The fourth-order valence-electron chi connectivity index (χ4n) is 4.93. The van der Waals surface area contributed by atoms with Crippen LogP contribution < -0.4 is 0 Å². The maximum atomic E-state index is 15.1. The number of allylic oxidation sites excluding steroid dienone is 4. The van der Waals surface area contributed by atoms with Crippen LogP contribution >= 0.6 is 11.6 Å². The van der Waals surface area contributed by atoms with E-state index in [0.29, 0.717) is 16.9 Å². The van der Waals surface area contributed by atoms with Gasteiger partial charge in [0, 0.05) is 5.56 Å². The third kappa shape index (κ3) is 5.05. The van der Waals surface area contributed by atoms with Gasteiger partial charge in [-0.15, -0.1) is 0 Å². The zero-order chi connectivity index (χ0) is 19.2. The molecule has 0 aliphatic heterocycles. The average molecular weight is 389 g/mol. The molecule has 2 heteroatoms. The summed E-state index contributed by atoms with van der Waals surface area (Å²) >= 11 is 6.54. The van der Waals surface area contributed by atoms with E-state index in [1.54, 1.807) is 0 Å². The molecule has 3 rings (SSSR count). The summed E-state index contributed by atoms with van der Waals surface area (Å²) in [6.45, 7) is 4.33. The Kier molecular flexibility index (Phi) is 7.58. The van der Waals surface area contributed by atoms with Gasteiger partial charge in [-0.05, 0) is 80.8 Å². The number of hydrogen-bond acceptors (Lipinski definition) is 0. The normalized spacial score (nSPS) is 26.4. The molecule has 2 aliphatic rings. The second-order valence-electron chi connectivity index (χ2n) is 8.48. The Morgan fingerprint density at radius 2 is 1.93 bits per heavy atom. The Labute approximate surface area is 169 Å². The van der Waals surface area contributed by atoms with Crippen molar-refractivity contribution in [2.75, 3.05) is 0 Å². The Morgan fingerprint density at radius 1 is 1.15 bits per heavy atom. The molecule has 0 bridgehead atoms. The average Bonchev–Trinajstić information content (AvgIpc) is 2.70. The van der Waals surface area contributed by atoms with Gasteiger partial charge in [-0.3, -0.25) is 0 Å². The predicted molar refractivity (Wildman–Crippen MR) is 116 cm³/mol. The van der Waals surface area contributed by atoms with Gasteiger partial charge < -0.3 is 0 Å². The summed E-state index contributed by atoms with van der Waals surface area (Å²) in [5.74, 6) is 1.69. The zero-order valence-corrected chi connectivity index (χ0v) is 17.7. The van der Waals surface area contributed by atoms with Crippen LogP contribution in [0.25, 0.3) is 5.57 Å². The molecule has 1 unspecified atom stereocenters. The smallest absolute Gasteiger partial charge is 0.149 e. The van der Waals surface area contributed by atoms with Gasteiger partial charge in [0.1, 0.15) is 5.82 Å². The molecule has 0 N–H and O–H groups in total. The molecule has 1 fully saturated rings. The van der Waals surface area contributed by atoms with E-state index in [1.165, 1.54) is 32.1 Å². The third-order valence-electron chi connectivity index (χ3n) is 6.63. The van der Waals surface area contributed by atoms with Gasteiger partial charge in [0.15, 0.2) is 0 Å². The van der Waals surface area contributed by atoms with Crippen molar-refractivity contribution in [2.24, 2.45) is 11.8 Å². The van der Waals surface area contributed by atoms with Crippen molar-refractivity contribution in [3.8, 4) is 0 Å². The molecule has 0 amide bonds. The second kappa shape index (κ2) is 9.92. The van der Waals surface area contributed by atoms with Crippen LogP contribution in [0.5, 0.6) is 0 Å². The lowest BCUT2D eigenvalue weighted by Gasteiger charge is -2.30. The van der Waals surface area contributed by atoms with Crippen molar-refractivity contribution >= 4 is 17.2 Å². The van der Waals surface area contributed by atoms with Gasteiger partial charge in [-0.25, -0.2) is 4.39 Å². The van der Waals surface area contributed by atoms with Gasteiger partial charge in [0.25, 0.3) is 0 Å². The molecular formula is C25H34ClF. The maximum absolute atomic E-state index is 15.1. The number of benzene rings is 1. The molecule has 1 aromatic carbocycles. The molecule has 27 heavy (non-hydrogen) atoms. The minimum atomic E-state index is -0.196. The predicted octanol–water partition coefficient (Wildman–Crippen LogP) is 8.70. The van der Waals surface area contributed by atoms with Crippen molar-refractivity contribution in [3.63, 3.8) is 0 Å². The van der Waals surface area contributed by atoms with E-state index in [4.69, 9.17) is 11.6 Å². The molecule has 0 saturated heterocycles. The first kappa shape index (κ1) is 20.6. The molecule has 0 spiro atoms. The zero-order valence-electron chi connectivity index (χ0n) is 16.9. The van der Waals surface area contributed by atoms with Crippen LogP contribution in [0, 0.1) is 17.7 Å². The summed E-state index contributed by atoms with van der Waals surface area (Å²) in [5.41, 5.74) is 2.89. The summed E-state index contributed by atoms with van der Waals surface area (Å²) in [7, 11) is 0. The van der Waals surface area contributed by atoms with Gasteiger partial charge >= 0.3 is 0 Å². The largest absolute Gasteiger partial charge is 0.205 e. The second-order valence-corrected chi connectivity index (χ2v) is 8.86. The topological polar surface area (TPSA) is 0 Å². The maximum Gasteiger partial charge on any atom is 0.149 e. The Morgan fingerprint density at radius 3 is 2.56 bits per heavy atom. The summed E-state index contributed by atoms with van der Waals surface area (Å²) < 4.78 is 15.1. The molecule has 1 saturated carbocycles. The first-order valence-corrected chi connectivity index (χ1v) is 11.3. The highest BCUT2D eigenvalue weighted by Crippen LogP contribution is 2.42. The highest BCUT2D eigenvalue weighted by atomic mass is 35.5. The first-order chi connectivity index (χ1) is 13.1. The first-order valence-electron chi connectivity index (χ1n) is 10.9. The van der Waals surface area contributed by atoms with Crippen LogP contribution in [-0.4, -0.2) is 0 Å². The lowest BCUT2D eigenvalue weighted by molar-refractivity contribution is 0.304. The van der Waals surface area contributed by atoms with Crippen LogP contribution in [0.2, 0.25) is 5.02 Å². The SMILES string of the molecule is C/C=C/C1CC=C(c2ccc(C3CCC(CCCC)CC3)c(Cl)c2F)CC1. The quantitative estimate of drug-likeness (QED) is 0.427. The Balaban J connectivity index is 1.69. The van der Waals surface area contributed by atoms with E-state index in [9.17, 15) is 0 Å². The Hall–Kier alpha value is -1.08. The molecular weight excluding hydrogens is 355 g/mol. The van der Waals surface area contributed by atoms with E-state index >= 15 is 4.39 Å². The lowest BCUT2D eigenvalue weighted by atomic mass is 9.76. The monoisotopic (exact) mass is 388 g/mol. The van der Waals surface area contributed by atoms with Crippen LogP contribution in [0.1, 0.15) is 95.1 Å². The van der Waals surface area contributed by atoms with Crippen molar-refractivity contribution in [2.45, 2.75) is 84.0 Å². The molecule has 2 aliphatic carbocycles. The van der Waals surface area contributed by atoms with Crippen LogP contribution in [0.15, 0.2) is 30.4 Å². The third-order valence-corrected chi connectivity index (χ3v) is 7.01. The molecule has 0 nitrogen and oxygen atoms in total. The summed E-state index contributed by atoms with van der Waals surface area (Å²) in [6.07, 6.45) is 18.4. The molecule has 0 heterocycles. The number of halogens is 2. The van der Waals surface area contributed by atoms with E-state index in [-0.39, 0.29) is 5.82 Å². The number of hydrogen-bond donors (Lipinski definition) is 0. The van der Waals surface area contributed by atoms with Gasteiger partial charge in [0.05, 0.1) is 5.02 Å². The van der Waals surface area contributed by atoms with Crippen molar-refractivity contribution in [1.29, 1.82) is 0 Å². The number of rotatable bonds is 6. The summed E-state index contributed by atoms with van der Waals surface area (Å²) in [6, 6.07) is 4.10. The van der Waals surface area contributed by atoms with Gasteiger partial charge in [-0.2, -0.15) is 0 Å². The molecule has 1 atom stereocenters. The minimum absolute atomic E-state index is 0.196. The van der Waals surface area contributed by atoms with Crippen molar-refractivity contribution in [3.05, 3.63) is 52.3 Å². The summed E-state index contributed by atoms with van der Waals surface area (Å²) in [4.78, 5) is 0. The Bertz CT molecular complexity index is 680. The van der Waals surface area contributed by atoms with E-state index < -0.39 is 0 Å². The van der Waals surface area contributed by atoms with Crippen LogP contribution in [0.3, 0.4) is 0 Å². The van der Waals surface area contributed by atoms with E-state index in [0.717, 1.165) is 54.7 Å². The summed E-state index contributed by atoms with van der Waals surface area (Å²) in [5, 5.41) is 0.376. The van der Waals surface area contributed by atoms with Crippen molar-refractivity contribution < 1.29 is 4.39 Å². The molecule has 0 aromatic heterocycles. The standard InChI is InChI=1S/C25H34ClF/c1-3-5-7-19-10-12-20(13-11-19)22-16-17-23(25(27)24(22)26)21-14-8-18(6-4-2)9-15-21/h4,6,14,16-20H,3,5,7-13,15H2,1-2H3/b6-4+. The van der Waals surface area contributed by atoms with Crippen LogP contribution in [-0.2, 0) is 0 Å². The fourth-order valence-corrected chi connectivity index (χ4v) is 5.25. The van der Waals surface area contributed by atoms with Crippen molar-refractivity contribution in [1.82, 2.24) is 0 Å². The highest BCUT2D eigenvalue weighted by molar-refractivity contribution is 6.31. The molecule has 148 valence electrons. The van der Waals surface area contributed by atoms with Gasteiger partial charge in [0.2, 0.25) is 0 Å².